The SMILES string of the molecule is COC(=O)CCC(O)C1([N+](=O)[O-])COc2cccc(OC)c2C1. The normalized spacial score (nSPS) is 20.8. The lowest BCUT2D eigenvalue weighted by Crippen LogP contribution is -2.57. The van der Waals surface area contributed by atoms with Crippen molar-refractivity contribution < 1.29 is 29.0 Å². The molecule has 1 N–H and O–H groups in total. The molecule has 2 atom stereocenters. The van der Waals surface area contributed by atoms with Gasteiger partial charge in [-0.3, -0.25) is 14.9 Å². The molecule has 1 heterocycles. The Morgan fingerprint density at radius 3 is 2.87 bits per heavy atom. The van der Waals surface area contributed by atoms with Crippen LogP contribution in [0, 0.1) is 10.1 Å². The number of hydrogen-bond acceptors (Lipinski definition) is 7. The van der Waals surface area contributed by atoms with Crippen LogP contribution in [-0.2, 0) is 16.0 Å². The molecule has 0 saturated heterocycles. The summed E-state index contributed by atoms with van der Waals surface area (Å²) in [5.74, 6) is 0.438. The number of methoxy groups -OCH3 is 2. The van der Waals surface area contributed by atoms with Gasteiger partial charge in [0.15, 0.2) is 6.61 Å². The van der Waals surface area contributed by atoms with Crippen LogP contribution in [0.1, 0.15) is 18.4 Å². The summed E-state index contributed by atoms with van der Waals surface area (Å²) < 4.78 is 15.2. The first-order valence-electron chi connectivity index (χ1n) is 7.12. The number of hydrogen-bond donors (Lipinski definition) is 1. The van der Waals surface area contributed by atoms with Gasteiger partial charge < -0.3 is 19.3 Å². The highest BCUT2D eigenvalue weighted by atomic mass is 16.6. The van der Waals surface area contributed by atoms with Crippen LogP contribution < -0.4 is 9.47 Å². The lowest BCUT2D eigenvalue weighted by Gasteiger charge is -2.34. The van der Waals surface area contributed by atoms with Crippen molar-refractivity contribution in [3.63, 3.8) is 0 Å². The number of carbonyl (C=O) groups excluding carboxylic acids is 1. The maximum Gasteiger partial charge on any atom is 0.305 e. The third-order valence-electron chi connectivity index (χ3n) is 4.10. The van der Waals surface area contributed by atoms with Gasteiger partial charge in [-0.1, -0.05) is 6.07 Å². The fourth-order valence-corrected chi connectivity index (χ4v) is 2.68. The first-order valence-corrected chi connectivity index (χ1v) is 7.12. The molecule has 2 rings (SSSR count). The number of ether oxygens (including phenoxy) is 3. The Hall–Kier alpha value is -2.35. The monoisotopic (exact) mass is 325 g/mol. The van der Waals surface area contributed by atoms with Gasteiger partial charge in [0.1, 0.15) is 17.6 Å². The van der Waals surface area contributed by atoms with E-state index >= 15 is 0 Å². The van der Waals surface area contributed by atoms with E-state index in [0.29, 0.717) is 17.1 Å². The van der Waals surface area contributed by atoms with Gasteiger partial charge in [0.2, 0.25) is 0 Å². The zero-order valence-corrected chi connectivity index (χ0v) is 13.0. The van der Waals surface area contributed by atoms with E-state index in [-0.39, 0.29) is 25.9 Å². The predicted octanol–water partition coefficient (Wildman–Crippen LogP) is 0.960. The molecule has 8 heteroatoms. The van der Waals surface area contributed by atoms with E-state index in [0.717, 1.165) is 0 Å². The molecule has 2 unspecified atom stereocenters. The number of nitro groups is 1. The summed E-state index contributed by atoms with van der Waals surface area (Å²) in [6.07, 6.45) is -1.58. The minimum absolute atomic E-state index is 0.0400. The van der Waals surface area contributed by atoms with Crippen LogP contribution in [-0.4, -0.2) is 48.5 Å². The molecule has 0 bridgehead atoms. The van der Waals surface area contributed by atoms with E-state index in [1.165, 1.54) is 14.2 Å². The third-order valence-corrected chi connectivity index (χ3v) is 4.10. The van der Waals surface area contributed by atoms with E-state index < -0.39 is 22.5 Å². The van der Waals surface area contributed by atoms with Crippen molar-refractivity contribution in [1.29, 1.82) is 0 Å². The summed E-state index contributed by atoms with van der Waals surface area (Å²) in [4.78, 5) is 22.3. The molecule has 0 aromatic heterocycles. The van der Waals surface area contributed by atoms with Crippen molar-refractivity contribution >= 4 is 5.97 Å². The van der Waals surface area contributed by atoms with Crippen LogP contribution in [0.4, 0.5) is 0 Å². The lowest BCUT2D eigenvalue weighted by atomic mass is 9.82. The van der Waals surface area contributed by atoms with Crippen LogP contribution in [0.3, 0.4) is 0 Å². The van der Waals surface area contributed by atoms with Crippen molar-refractivity contribution in [3.8, 4) is 11.5 Å². The van der Waals surface area contributed by atoms with Crippen LogP contribution >= 0.6 is 0 Å². The summed E-state index contributed by atoms with van der Waals surface area (Å²) in [5.41, 5.74) is -1.19. The van der Waals surface area contributed by atoms with E-state index in [1.807, 2.05) is 0 Å². The van der Waals surface area contributed by atoms with Gasteiger partial charge in [-0.05, 0) is 18.6 Å². The number of aliphatic hydroxyl groups excluding tert-OH is 1. The first-order chi connectivity index (χ1) is 10.9. The number of rotatable bonds is 6. The minimum atomic E-state index is -1.73. The van der Waals surface area contributed by atoms with E-state index in [2.05, 4.69) is 4.74 Å². The van der Waals surface area contributed by atoms with Gasteiger partial charge >= 0.3 is 5.97 Å². The number of nitrogens with zero attached hydrogens (tertiary/aromatic N) is 1. The highest BCUT2D eigenvalue weighted by Crippen LogP contribution is 2.39. The summed E-state index contributed by atoms with van der Waals surface area (Å²) in [6.45, 7) is -0.275. The quantitative estimate of drug-likeness (QED) is 0.471. The van der Waals surface area contributed by atoms with Crippen LogP contribution in [0.5, 0.6) is 11.5 Å². The Morgan fingerprint density at radius 2 is 2.26 bits per heavy atom. The fourth-order valence-electron chi connectivity index (χ4n) is 2.68. The molecule has 0 spiro atoms. The maximum absolute atomic E-state index is 11.6. The molecule has 126 valence electrons. The van der Waals surface area contributed by atoms with Crippen LogP contribution in [0.25, 0.3) is 0 Å². The van der Waals surface area contributed by atoms with Crippen molar-refractivity contribution in [1.82, 2.24) is 0 Å². The summed E-state index contributed by atoms with van der Waals surface area (Å²) in [5, 5.41) is 22.0. The Labute approximate surface area is 133 Å². The zero-order valence-electron chi connectivity index (χ0n) is 13.0. The van der Waals surface area contributed by atoms with E-state index in [9.17, 15) is 20.0 Å². The van der Waals surface area contributed by atoms with Crippen molar-refractivity contribution in [2.75, 3.05) is 20.8 Å². The first kappa shape index (κ1) is 17.0. The van der Waals surface area contributed by atoms with Gasteiger partial charge in [0.25, 0.3) is 5.54 Å². The zero-order chi connectivity index (χ0) is 17.0. The molecule has 1 aromatic carbocycles. The lowest BCUT2D eigenvalue weighted by molar-refractivity contribution is -0.587. The number of fused-ring (bicyclic) bond motifs is 1. The predicted molar refractivity (Wildman–Crippen MR) is 79.2 cm³/mol. The van der Waals surface area contributed by atoms with Crippen molar-refractivity contribution in [3.05, 3.63) is 33.9 Å². The Balaban J connectivity index is 2.28. The summed E-state index contributed by atoms with van der Waals surface area (Å²) >= 11 is 0. The smallest absolute Gasteiger partial charge is 0.305 e. The Bertz CT molecular complexity index is 589. The summed E-state index contributed by atoms with van der Waals surface area (Å²) in [6, 6.07) is 5.10. The molecule has 0 saturated carbocycles. The van der Waals surface area contributed by atoms with Crippen molar-refractivity contribution in [2.24, 2.45) is 0 Å². The molecular weight excluding hydrogens is 306 g/mol. The van der Waals surface area contributed by atoms with Gasteiger partial charge in [-0.25, -0.2) is 0 Å². The second kappa shape index (κ2) is 6.82. The Kier molecular flexibility index (Phi) is 5.05. The second-order valence-electron chi connectivity index (χ2n) is 5.39. The maximum atomic E-state index is 11.6. The molecule has 1 aliphatic heterocycles. The van der Waals surface area contributed by atoms with Crippen LogP contribution in [0.15, 0.2) is 18.2 Å². The molecule has 0 amide bonds. The van der Waals surface area contributed by atoms with E-state index in [1.54, 1.807) is 18.2 Å². The third kappa shape index (κ3) is 3.21. The van der Waals surface area contributed by atoms with Gasteiger partial charge in [-0.2, -0.15) is 0 Å². The van der Waals surface area contributed by atoms with Gasteiger partial charge in [-0.15, -0.1) is 0 Å². The largest absolute Gasteiger partial charge is 0.496 e. The van der Waals surface area contributed by atoms with Gasteiger partial charge in [0.05, 0.1) is 20.6 Å². The molecule has 8 nitrogen and oxygen atoms in total. The van der Waals surface area contributed by atoms with E-state index in [4.69, 9.17) is 9.47 Å². The fraction of sp³-hybridized carbons (Fsp3) is 0.533. The molecule has 0 fully saturated rings. The van der Waals surface area contributed by atoms with Crippen molar-refractivity contribution in [2.45, 2.75) is 30.9 Å². The number of carbonyl (C=O) groups is 1. The van der Waals surface area contributed by atoms with Crippen LogP contribution in [0.2, 0.25) is 0 Å². The average Bonchev–Trinajstić information content (AvgIpc) is 2.57. The average molecular weight is 325 g/mol. The topological polar surface area (TPSA) is 108 Å². The van der Waals surface area contributed by atoms with Gasteiger partial charge in [0, 0.05) is 16.9 Å². The minimum Gasteiger partial charge on any atom is -0.496 e. The Morgan fingerprint density at radius 1 is 1.52 bits per heavy atom. The molecular formula is C15H19NO7. The number of aliphatic hydroxyl groups is 1. The number of esters is 1. The standard InChI is InChI=1S/C15H19NO7/c1-21-11-4-3-5-12-10(11)8-15(9-23-12,16(19)20)13(17)6-7-14(18)22-2/h3-5,13,17H,6-9H2,1-2H3. The number of benzene rings is 1. The second-order valence-corrected chi connectivity index (χ2v) is 5.39. The molecule has 1 aliphatic rings. The molecule has 0 aliphatic carbocycles. The highest BCUT2D eigenvalue weighted by molar-refractivity contribution is 5.69. The highest BCUT2D eigenvalue weighted by Gasteiger charge is 2.54. The molecule has 1 aromatic rings. The molecule has 0 radical (unpaired) electrons. The molecule has 23 heavy (non-hydrogen) atoms. The summed E-state index contributed by atoms with van der Waals surface area (Å²) in [7, 11) is 2.69.